The van der Waals surface area contributed by atoms with Gasteiger partial charge in [0.2, 0.25) is 0 Å². The molecule has 2 aromatic rings. The Hall–Kier alpha value is -2.08. The predicted molar refractivity (Wildman–Crippen MR) is 103 cm³/mol. The Morgan fingerprint density at radius 1 is 1.12 bits per heavy atom. The van der Waals surface area contributed by atoms with Crippen molar-refractivity contribution in [3.63, 3.8) is 0 Å². The summed E-state index contributed by atoms with van der Waals surface area (Å²) >= 11 is 0. The molecule has 0 aliphatic rings. The molecular formula is C22H27NO. The van der Waals surface area contributed by atoms with Crippen LogP contribution >= 0.6 is 0 Å². The standard InChI is InChI=1S/C22H27NO/c1-4-22(24,5-2)16-9-6-10-17-23-18(3)20-15-11-13-19-12-7-8-14-21(19)20/h6-8,10-15,18,23-24H,4-5,17H2,1-3H3/b10-6+/t18-/m1/s1. The number of fused-ring (bicyclic) bond motifs is 1. The van der Waals surface area contributed by atoms with Crippen molar-refractivity contribution in [3.8, 4) is 11.8 Å². The number of allylic oxidation sites excluding steroid dienone is 1. The van der Waals surface area contributed by atoms with Crippen LogP contribution < -0.4 is 5.32 Å². The van der Waals surface area contributed by atoms with Crippen molar-refractivity contribution in [3.05, 3.63) is 60.2 Å². The van der Waals surface area contributed by atoms with Crippen LogP contribution in [0, 0.1) is 11.8 Å². The lowest BCUT2D eigenvalue weighted by atomic mass is 9.98. The molecule has 0 fully saturated rings. The Balaban J connectivity index is 1.95. The van der Waals surface area contributed by atoms with Gasteiger partial charge in [0.25, 0.3) is 0 Å². The van der Waals surface area contributed by atoms with Gasteiger partial charge in [-0.25, -0.2) is 0 Å². The molecule has 2 rings (SSSR count). The summed E-state index contributed by atoms with van der Waals surface area (Å²) < 4.78 is 0. The highest BCUT2D eigenvalue weighted by Crippen LogP contribution is 2.23. The summed E-state index contributed by atoms with van der Waals surface area (Å²) in [6.07, 6.45) is 5.13. The predicted octanol–water partition coefficient (Wildman–Crippen LogP) is 4.60. The quantitative estimate of drug-likeness (QED) is 0.762. The summed E-state index contributed by atoms with van der Waals surface area (Å²) in [6.45, 7) is 6.83. The molecule has 0 aliphatic heterocycles. The third kappa shape index (κ3) is 4.71. The van der Waals surface area contributed by atoms with Crippen LogP contribution in [0.25, 0.3) is 10.8 Å². The zero-order chi connectivity index (χ0) is 17.4. The topological polar surface area (TPSA) is 32.3 Å². The molecule has 2 aromatic carbocycles. The molecule has 126 valence electrons. The third-order valence-electron chi connectivity index (χ3n) is 4.51. The van der Waals surface area contributed by atoms with E-state index in [2.05, 4.69) is 66.5 Å². The number of aliphatic hydroxyl groups is 1. The van der Waals surface area contributed by atoms with Crippen molar-refractivity contribution in [2.45, 2.75) is 45.3 Å². The van der Waals surface area contributed by atoms with E-state index in [-0.39, 0.29) is 6.04 Å². The van der Waals surface area contributed by atoms with Gasteiger partial charge in [0.15, 0.2) is 0 Å². The smallest absolute Gasteiger partial charge is 0.125 e. The van der Waals surface area contributed by atoms with Gasteiger partial charge in [-0.2, -0.15) is 0 Å². The largest absolute Gasteiger partial charge is 0.378 e. The fraction of sp³-hybridized carbons (Fsp3) is 0.364. The molecule has 0 spiro atoms. The molecule has 0 saturated carbocycles. The van der Waals surface area contributed by atoms with Gasteiger partial charge in [-0.1, -0.05) is 74.2 Å². The molecule has 0 aromatic heterocycles. The molecule has 0 aliphatic carbocycles. The van der Waals surface area contributed by atoms with E-state index in [1.807, 2.05) is 26.0 Å². The first-order chi connectivity index (χ1) is 11.6. The molecule has 0 bridgehead atoms. The normalized spacial score (nSPS) is 13.0. The highest BCUT2D eigenvalue weighted by Gasteiger charge is 2.17. The Morgan fingerprint density at radius 3 is 2.58 bits per heavy atom. The molecule has 24 heavy (non-hydrogen) atoms. The summed E-state index contributed by atoms with van der Waals surface area (Å²) in [5, 5.41) is 16.2. The van der Waals surface area contributed by atoms with Crippen LogP contribution in [0.5, 0.6) is 0 Å². The summed E-state index contributed by atoms with van der Waals surface area (Å²) in [5.41, 5.74) is 0.451. The molecule has 2 N–H and O–H groups in total. The maximum absolute atomic E-state index is 10.1. The summed E-state index contributed by atoms with van der Waals surface area (Å²) in [5.74, 6) is 5.88. The van der Waals surface area contributed by atoms with E-state index in [0.29, 0.717) is 12.8 Å². The lowest BCUT2D eigenvalue weighted by molar-refractivity contribution is 0.0931. The minimum atomic E-state index is -0.853. The second-order valence-electron chi connectivity index (χ2n) is 6.11. The zero-order valence-corrected chi connectivity index (χ0v) is 14.8. The van der Waals surface area contributed by atoms with Gasteiger partial charge in [0.05, 0.1) is 0 Å². The molecule has 0 unspecified atom stereocenters. The Kier molecular flexibility index (Phi) is 6.61. The second kappa shape index (κ2) is 8.68. The number of nitrogens with one attached hydrogen (secondary N) is 1. The SMILES string of the molecule is CCC(O)(C#C/C=C/CN[C@H](C)c1cccc2ccccc12)CC. The van der Waals surface area contributed by atoms with E-state index in [0.717, 1.165) is 6.54 Å². The van der Waals surface area contributed by atoms with Crippen LogP contribution in [0.2, 0.25) is 0 Å². The number of rotatable bonds is 6. The maximum atomic E-state index is 10.1. The molecule has 0 radical (unpaired) electrons. The van der Waals surface area contributed by atoms with Crippen molar-refractivity contribution in [2.75, 3.05) is 6.54 Å². The number of hydrogen-bond acceptors (Lipinski definition) is 2. The number of benzene rings is 2. The van der Waals surface area contributed by atoms with Crippen LogP contribution in [0.1, 0.15) is 45.2 Å². The maximum Gasteiger partial charge on any atom is 0.125 e. The van der Waals surface area contributed by atoms with Crippen molar-refractivity contribution in [1.82, 2.24) is 5.32 Å². The zero-order valence-electron chi connectivity index (χ0n) is 14.8. The molecule has 0 saturated heterocycles. The third-order valence-corrected chi connectivity index (χ3v) is 4.51. The molecule has 0 amide bonds. The average molecular weight is 321 g/mol. The van der Waals surface area contributed by atoms with Crippen LogP contribution in [-0.2, 0) is 0 Å². The van der Waals surface area contributed by atoms with Crippen molar-refractivity contribution in [1.29, 1.82) is 0 Å². The highest BCUT2D eigenvalue weighted by molar-refractivity contribution is 5.86. The van der Waals surface area contributed by atoms with Gasteiger partial charge in [-0.15, -0.1) is 0 Å². The van der Waals surface area contributed by atoms with Crippen molar-refractivity contribution < 1.29 is 5.11 Å². The number of hydrogen-bond donors (Lipinski definition) is 2. The van der Waals surface area contributed by atoms with Gasteiger partial charge in [-0.3, -0.25) is 0 Å². The summed E-state index contributed by atoms with van der Waals surface area (Å²) in [6, 6.07) is 15.1. The van der Waals surface area contributed by atoms with Crippen LogP contribution in [-0.4, -0.2) is 17.3 Å². The summed E-state index contributed by atoms with van der Waals surface area (Å²) in [7, 11) is 0. The van der Waals surface area contributed by atoms with E-state index < -0.39 is 5.60 Å². The Bertz CT molecular complexity index is 742. The molecule has 1 atom stereocenters. The van der Waals surface area contributed by atoms with Gasteiger partial charge < -0.3 is 10.4 Å². The van der Waals surface area contributed by atoms with Gasteiger partial charge in [0.1, 0.15) is 5.60 Å². The van der Waals surface area contributed by atoms with Crippen LogP contribution in [0.3, 0.4) is 0 Å². The first-order valence-corrected chi connectivity index (χ1v) is 8.70. The first kappa shape index (κ1) is 18.3. The fourth-order valence-electron chi connectivity index (χ4n) is 2.70. The minimum Gasteiger partial charge on any atom is -0.378 e. The lowest BCUT2D eigenvalue weighted by Crippen LogP contribution is -2.23. The van der Waals surface area contributed by atoms with E-state index in [1.54, 1.807) is 0 Å². The van der Waals surface area contributed by atoms with E-state index in [9.17, 15) is 5.11 Å². The first-order valence-electron chi connectivity index (χ1n) is 8.70. The molecule has 0 heterocycles. The minimum absolute atomic E-state index is 0.261. The highest BCUT2D eigenvalue weighted by atomic mass is 16.3. The molecular weight excluding hydrogens is 294 g/mol. The lowest BCUT2D eigenvalue weighted by Gasteiger charge is -2.16. The van der Waals surface area contributed by atoms with E-state index in [1.165, 1.54) is 16.3 Å². The van der Waals surface area contributed by atoms with E-state index >= 15 is 0 Å². The Labute approximate surface area is 145 Å². The van der Waals surface area contributed by atoms with Crippen LogP contribution in [0.15, 0.2) is 54.6 Å². The second-order valence-corrected chi connectivity index (χ2v) is 6.11. The Morgan fingerprint density at radius 2 is 1.83 bits per heavy atom. The van der Waals surface area contributed by atoms with Gasteiger partial charge >= 0.3 is 0 Å². The van der Waals surface area contributed by atoms with Crippen LogP contribution in [0.4, 0.5) is 0 Å². The van der Waals surface area contributed by atoms with Crippen molar-refractivity contribution in [2.24, 2.45) is 0 Å². The van der Waals surface area contributed by atoms with Gasteiger partial charge in [-0.05, 0) is 42.2 Å². The fourth-order valence-corrected chi connectivity index (χ4v) is 2.70. The average Bonchev–Trinajstić information content (AvgIpc) is 2.63. The molecule has 2 nitrogen and oxygen atoms in total. The molecule has 2 heteroatoms. The van der Waals surface area contributed by atoms with Crippen molar-refractivity contribution >= 4 is 10.8 Å². The summed E-state index contributed by atoms with van der Waals surface area (Å²) in [4.78, 5) is 0. The van der Waals surface area contributed by atoms with E-state index in [4.69, 9.17) is 0 Å². The monoisotopic (exact) mass is 321 g/mol. The van der Waals surface area contributed by atoms with Gasteiger partial charge in [0, 0.05) is 12.6 Å².